The van der Waals surface area contributed by atoms with Crippen LogP contribution in [-0.2, 0) is 10.0 Å². The van der Waals surface area contributed by atoms with E-state index in [1.807, 2.05) is 0 Å². The van der Waals surface area contributed by atoms with Crippen molar-refractivity contribution in [2.45, 2.75) is 58.8 Å². The Hall–Kier alpha value is -0.130. The molecule has 2 rings (SSSR count). The summed E-state index contributed by atoms with van der Waals surface area (Å²) in [6.07, 6.45) is 8.65. The van der Waals surface area contributed by atoms with Crippen molar-refractivity contribution in [1.29, 1.82) is 0 Å². The molecule has 1 saturated heterocycles. The number of hydrogen-bond donors (Lipinski definition) is 0. The zero-order valence-electron chi connectivity index (χ0n) is 14.5. The highest BCUT2D eigenvalue weighted by Crippen LogP contribution is 2.25. The van der Waals surface area contributed by atoms with Crippen molar-refractivity contribution in [3.8, 4) is 0 Å². The van der Waals surface area contributed by atoms with Crippen molar-refractivity contribution in [3.05, 3.63) is 0 Å². The maximum Gasteiger partial charge on any atom is 0.214 e. The molecule has 130 valence electrons. The Morgan fingerprint density at radius 3 is 2.36 bits per heavy atom. The lowest BCUT2D eigenvalue weighted by molar-refractivity contribution is 0.208. The zero-order valence-corrected chi connectivity index (χ0v) is 15.3. The normalized spacial score (nSPS) is 23.8. The van der Waals surface area contributed by atoms with Gasteiger partial charge in [0, 0.05) is 26.2 Å². The third kappa shape index (κ3) is 5.82. The predicted molar refractivity (Wildman–Crippen MR) is 92.4 cm³/mol. The van der Waals surface area contributed by atoms with Gasteiger partial charge in [0.15, 0.2) is 0 Å². The maximum atomic E-state index is 12.4. The predicted octanol–water partition coefficient (Wildman–Crippen LogP) is 2.95. The lowest BCUT2D eigenvalue weighted by Crippen LogP contribution is -2.38. The molecule has 1 heterocycles. The smallest absolute Gasteiger partial charge is 0.214 e. The van der Waals surface area contributed by atoms with Crippen molar-refractivity contribution in [2.75, 3.05) is 38.5 Å². The summed E-state index contributed by atoms with van der Waals surface area (Å²) in [6, 6.07) is 0. The highest BCUT2D eigenvalue weighted by atomic mass is 32.2. The molecule has 1 aliphatic heterocycles. The lowest BCUT2D eigenvalue weighted by atomic mass is 9.89. The van der Waals surface area contributed by atoms with E-state index in [4.69, 9.17) is 0 Å². The van der Waals surface area contributed by atoms with Gasteiger partial charge in [-0.1, -0.05) is 33.1 Å². The van der Waals surface area contributed by atoms with Crippen LogP contribution >= 0.6 is 0 Å². The summed E-state index contributed by atoms with van der Waals surface area (Å²) in [6.45, 7) is 8.73. The summed E-state index contributed by atoms with van der Waals surface area (Å²) in [5.74, 6) is 1.61. The van der Waals surface area contributed by atoms with Gasteiger partial charge in [0.05, 0.1) is 5.75 Å². The maximum absolute atomic E-state index is 12.4. The molecule has 0 aromatic heterocycles. The van der Waals surface area contributed by atoms with Crippen LogP contribution in [-0.4, -0.2) is 56.1 Å². The van der Waals surface area contributed by atoms with E-state index >= 15 is 0 Å². The van der Waals surface area contributed by atoms with Gasteiger partial charge in [0.25, 0.3) is 0 Å². The summed E-state index contributed by atoms with van der Waals surface area (Å²) >= 11 is 0. The topological polar surface area (TPSA) is 40.6 Å². The van der Waals surface area contributed by atoms with E-state index in [0.717, 1.165) is 31.8 Å². The monoisotopic (exact) mass is 330 g/mol. The molecule has 0 atom stereocenters. The van der Waals surface area contributed by atoms with E-state index in [-0.39, 0.29) is 0 Å². The molecule has 0 aromatic carbocycles. The largest absolute Gasteiger partial charge is 0.302 e. The molecule has 2 fully saturated rings. The fourth-order valence-corrected chi connectivity index (χ4v) is 5.45. The summed E-state index contributed by atoms with van der Waals surface area (Å²) < 4.78 is 26.6. The van der Waals surface area contributed by atoms with Gasteiger partial charge in [-0.3, -0.25) is 0 Å². The first-order chi connectivity index (χ1) is 10.5. The highest BCUT2D eigenvalue weighted by molar-refractivity contribution is 7.89. The summed E-state index contributed by atoms with van der Waals surface area (Å²) in [5.41, 5.74) is 0. The first-order valence-corrected chi connectivity index (χ1v) is 10.8. The van der Waals surface area contributed by atoms with Crippen LogP contribution in [0.4, 0.5) is 0 Å². The lowest BCUT2D eigenvalue weighted by Gasteiger charge is -2.28. The van der Waals surface area contributed by atoms with Crippen LogP contribution in [0.5, 0.6) is 0 Å². The van der Waals surface area contributed by atoms with E-state index in [2.05, 4.69) is 18.7 Å². The Balaban J connectivity index is 1.81. The second-order valence-corrected chi connectivity index (χ2v) is 9.64. The molecule has 0 unspecified atom stereocenters. The van der Waals surface area contributed by atoms with Crippen LogP contribution < -0.4 is 0 Å². The minimum Gasteiger partial charge on any atom is -0.302 e. The molecular formula is C17H34N2O2S. The fourth-order valence-electron chi connectivity index (χ4n) is 3.66. The van der Waals surface area contributed by atoms with Crippen molar-refractivity contribution < 1.29 is 8.42 Å². The van der Waals surface area contributed by atoms with Crippen molar-refractivity contribution in [1.82, 2.24) is 9.21 Å². The molecule has 22 heavy (non-hydrogen) atoms. The van der Waals surface area contributed by atoms with Crippen LogP contribution in [0.15, 0.2) is 0 Å². The minimum atomic E-state index is -3.05. The fraction of sp³-hybridized carbons (Fsp3) is 1.00. The van der Waals surface area contributed by atoms with Gasteiger partial charge in [0.1, 0.15) is 0 Å². The molecule has 0 N–H and O–H groups in total. The minimum absolute atomic E-state index is 0.313. The first-order valence-electron chi connectivity index (χ1n) is 9.17. The van der Waals surface area contributed by atoms with E-state index in [9.17, 15) is 8.42 Å². The molecule has 1 aliphatic carbocycles. The molecule has 4 nitrogen and oxygen atoms in total. The van der Waals surface area contributed by atoms with E-state index in [1.165, 1.54) is 38.6 Å². The number of hydrogen-bond acceptors (Lipinski definition) is 3. The molecule has 2 aliphatic rings. The number of nitrogens with zero attached hydrogens (tertiary/aromatic N) is 2. The third-order valence-corrected chi connectivity index (χ3v) is 7.04. The van der Waals surface area contributed by atoms with Crippen LogP contribution in [0.2, 0.25) is 0 Å². The molecule has 1 saturated carbocycles. The van der Waals surface area contributed by atoms with Gasteiger partial charge >= 0.3 is 0 Å². The van der Waals surface area contributed by atoms with Crippen LogP contribution in [0.1, 0.15) is 58.8 Å². The number of rotatable bonds is 6. The Morgan fingerprint density at radius 2 is 1.68 bits per heavy atom. The van der Waals surface area contributed by atoms with Crippen molar-refractivity contribution in [2.24, 2.45) is 11.8 Å². The Bertz CT molecular complexity index is 416. The molecule has 5 heteroatoms. The molecule has 0 spiro atoms. The summed E-state index contributed by atoms with van der Waals surface area (Å²) in [5, 5.41) is 0. The Labute approximate surface area is 137 Å². The molecule has 0 bridgehead atoms. The van der Waals surface area contributed by atoms with Gasteiger partial charge in [-0.25, -0.2) is 12.7 Å². The van der Waals surface area contributed by atoms with Crippen LogP contribution in [0, 0.1) is 11.8 Å². The zero-order chi connectivity index (χ0) is 16.0. The van der Waals surface area contributed by atoms with Gasteiger partial charge in [-0.2, -0.15) is 0 Å². The standard InChI is InChI=1S/C17H34N2O2S/c1-16(2)9-14-22(20,21)19-11-6-10-18(12-13-19)15-17-7-4-3-5-8-17/h16-17H,3-15H2,1-2H3. The highest BCUT2D eigenvalue weighted by Gasteiger charge is 2.26. The third-order valence-electron chi connectivity index (χ3n) is 5.14. The molecule has 0 aromatic rings. The number of sulfonamides is 1. The quantitative estimate of drug-likeness (QED) is 0.752. The Morgan fingerprint density at radius 1 is 0.955 bits per heavy atom. The van der Waals surface area contributed by atoms with Crippen LogP contribution in [0.3, 0.4) is 0 Å². The van der Waals surface area contributed by atoms with Gasteiger partial charge in [0.2, 0.25) is 10.0 Å². The molecule has 0 amide bonds. The van der Waals surface area contributed by atoms with Crippen molar-refractivity contribution in [3.63, 3.8) is 0 Å². The van der Waals surface area contributed by atoms with E-state index in [0.29, 0.717) is 24.8 Å². The van der Waals surface area contributed by atoms with Crippen molar-refractivity contribution >= 4 is 10.0 Å². The first kappa shape index (κ1) is 18.2. The van der Waals surface area contributed by atoms with E-state index < -0.39 is 10.0 Å². The Kier molecular flexibility index (Phi) is 7.16. The second-order valence-electron chi connectivity index (χ2n) is 7.56. The van der Waals surface area contributed by atoms with E-state index in [1.54, 1.807) is 4.31 Å². The van der Waals surface area contributed by atoms with Crippen LogP contribution in [0.25, 0.3) is 0 Å². The average Bonchev–Trinajstić information content (AvgIpc) is 2.72. The second kappa shape index (κ2) is 8.65. The SMILES string of the molecule is CC(C)CCS(=O)(=O)N1CCCN(CC2CCCCC2)CC1. The summed E-state index contributed by atoms with van der Waals surface area (Å²) in [4.78, 5) is 2.51. The van der Waals surface area contributed by atoms with Gasteiger partial charge < -0.3 is 4.90 Å². The molecule has 0 radical (unpaired) electrons. The van der Waals surface area contributed by atoms with Gasteiger partial charge in [-0.15, -0.1) is 0 Å². The molecular weight excluding hydrogens is 296 g/mol. The van der Waals surface area contributed by atoms with Gasteiger partial charge in [-0.05, 0) is 44.1 Å². The summed E-state index contributed by atoms with van der Waals surface area (Å²) in [7, 11) is -3.05. The average molecular weight is 331 g/mol.